The fraction of sp³-hybridized carbons (Fsp3) is 0.333. The lowest BCUT2D eigenvalue weighted by Gasteiger charge is -2.02. The van der Waals surface area contributed by atoms with Gasteiger partial charge in [0.1, 0.15) is 6.61 Å². The molecule has 0 saturated heterocycles. The molecule has 0 radical (unpaired) electrons. The SMILES string of the molecule is ClCC1=CCOC=C1. The van der Waals surface area contributed by atoms with Crippen molar-refractivity contribution in [1.82, 2.24) is 0 Å². The predicted octanol–water partition coefficient (Wildman–Crippen LogP) is 1.70. The molecule has 0 aromatic rings. The molecule has 0 saturated carbocycles. The van der Waals surface area contributed by atoms with Gasteiger partial charge in [0.05, 0.1) is 6.26 Å². The molecule has 0 bridgehead atoms. The zero-order valence-corrected chi connectivity index (χ0v) is 5.19. The Morgan fingerprint density at radius 1 is 1.75 bits per heavy atom. The van der Waals surface area contributed by atoms with Crippen molar-refractivity contribution in [3.8, 4) is 0 Å². The predicted molar refractivity (Wildman–Crippen MR) is 33.9 cm³/mol. The molecule has 0 amide bonds. The molecule has 1 aliphatic heterocycles. The van der Waals surface area contributed by atoms with Crippen molar-refractivity contribution in [2.24, 2.45) is 0 Å². The number of allylic oxidation sites excluding steroid dienone is 2. The van der Waals surface area contributed by atoms with Crippen LogP contribution in [0.1, 0.15) is 0 Å². The van der Waals surface area contributed by atoms with E-state index in [1.54, 1.807) is 6.26 Å². The van der Waals surface area contributed by atoms with Gasteiger partial charge in [0, 0.05) is 5.88 Å². The summed E-state index contributed by atoms with van der Waals surface area (Å²) in [7, 11) is 0. The molecule has 0 unspecified atom stereocenters. The van der Waals surface area contributed by atoms with Crippen molar-refractivity contribution < 1.29 is 4.74 Å². The summed E-state index contributed by atoms with van der Waals surface area (Å²) in [4.78, 5) is 0. The second-order valence-corrected chi connectivity index (χ2v) is 1.82. The van der Waals surface area contributed by atoms with Gasteiger partial charge >= 0.3 is 0 Å². The first kappa shape index (κ1) is 5.70. The van der Waals surface area contributed by atoms with Crippen LogP contribution >= 0.6 is 11.6 Å². The molecule has 0 N–H and O–H groups in total. The first-order chi connectivity index (χ1) is 3.93. The number of rotatable bonds is 1. The molecule has 0 aromatic carbocycles. The summed E-state index contributed by atoms with van der Waals surface area (Å²) < 4.78 is 4.89. The number of alkyl halides is 1. The van der Waals surface area contributed by atoms with Gasteiger partial charge in [-0.05, 0) is 17.7 Å². The Kier molecular flexibility index (Phi) is 1.98. The highest BCUT2D eigenvalue weighted by atomic mass is 35.5. The lowest BCUT2D eigenvalue weighted by Crippen LogP contribution is -1.92. The molecule has 0 atom stereocenters. The average Bonchev–Trinajstić information content (AvgIpc) is 1.90. The number of hydrogen-bond donors (Lipinski definition) is 0. The molecule has 1 nitrogen and oxygen atoms in total. The van der Waals surface area contributed by atoms with Crippen LogP contribution in [0.3, 0.4) is 0 Å². The Bertz CT molecular complexity index is 126. The quantitative estimate of drug-likeness (QED) is 0.491. The third-order valence-electron chi connectivity index (χ3n) is 0.974. The summed E-state index contributed by atoms with van der Waals surface area (Å²) in [6.07, 6.45) is 5.50. The van der Waals surface area contributed by atoms with Crippen LogP contribution in [0.5, 0.6) is 0 Å². The van der Waals surface area contributed by atoms with Crippen LogP contribution in [0.2, 0.25) is 0 Å². The van der Waals surface area contributed by atoms with E-state index in [-0.39, 0.29) is 0 Å². The van der Waals surface area contributed by atoms with E-state index >= 15 is 0 Å². The summed E-state index contributed by atoms with van der Waals surface area (Å²) in [5.74, 6) is 0.583. The maximum absolute atomic E-state index is 5.51. The van der Waals surface area contributed by atoms with Crippen molar-refractivity contribution in [3.63, 3.8) is 0 Å². The molecule has 1 rings (SSSR count). The molecular formula is C6H7ClO. The number of hydrogen-bond acceptors (Lipinski definition) is 1. The molecule has 0 aliphatic carbocycles. The van der Waals surface area contributed by atoms with Gasteiger partial charge in [0.15, 0.2) is 0 Å². The largest absolute Gasteiger partial charge is 0.497 e. The topological polar surface area (TPSA) is 9.23 Å². The van der Waals surface area contributed by atoms with Gasteiger partial charge in [-0.15, -0.1) is 11.6 Å². The molecule has 1 aliphatic rings. The van der Waals surface area contributed by atoms with Crippen LogP contribution in [0.15, 0.2) is 24.0 Å². The van der Waals surface area contributed by atoms with Crippen LogP contribution in [0.25, 0.3) is 0 Å². The highest BCUT2D eigenvalue weighted by Crippen LogP contribution is 2.04. The molecule has 44 valence electrons. The minimum atomic E-state index is 0.583. The van der Waals surface area contributed by atoms with Gasteiger partial charge in [0.2, 0.25) is 0 Å². The minimum Gasteiger partial charge on any atom is -0.497 e. The van der Waals surface area contributed by atoms with Crippen LogP contribution in [0.4, 0.5) is 0 Å². The monoisotopic (exact) mass is 130 g/mol. The van der Waals surface area contributed by atoms with Crippen molar-refractivity contribution in [2.45, 2.75) is 0 Å². The maximum Gasteiger partial charge on any atom is 0.106 e. The van der Waals surface area contributed by atoms with Crippen molar-refractivity contribution in [2.75, 3.05) is 12.5 Å². The van der Waals surface area contributed by atoms with Gasteiger partial charge < -0.3 is 4.74 Å². The molecule has 0 aromatic heterocycles. The summed E-state index contributed by atoms with van der Waals surface area (Å²) in [5, 5.41) is 0. The third-order valence-corrected chi connectivity index (χ3v) is 1.28. The van der Waals surface area contributed by atoms with Crippen LogP contribution < -0.4 is 0 Å². The van der Waals surface area contributed by atoms with Gasteiger partial charge in [-0.3, -0.25) is 0 Å². The number of ether oxygens (including phenoxy) is 1. The molecule has 2 heteroatoms. The van der Waals surface area contributed by atoms with Gasteiger partial charge in [-0.25, -0.2) is 0 Å². The van der Waals surface area contributed by atoms with Gasteiger partial charge in [-0.2, -0.15) is 0 Å². The van der Waals surface area contributed by atoms with E-state index in [0.717, 1.165) is 5.57 Å². The zero-order chi connectivity index (χ0) is 5.82. The van der Waals surface area contributed by atoms with Crippen LogP contribution in [0, 0.1) is 0 Å². The zero-order valence-electron chi connectivity index (χ0n) is 4.43. The summed E-state index contributed by atoms with van der Waals surface area (Å²) in [5.41, 5.74) is 1.14. The first-order valence-corrected chi connectivity index (χ1v) is 3.00. The minimum absolute atomic E-state index is 0.583. The van der Waals surface area contributed by atoms with E-state index in [1.165, 1.54) is 0 Å². The fourth-order valence-corrected chi connectivity index (χ4v) is 0.712. The smallest absolute Gasteiger partial charge is 0.106 e. The molecule has 8 heavy (non-hydrogen) atoms. The van der Waals surface area contributed by atoms with Gasteiger partial charge in [-0.1, -0.05) is 0 Å². The molecular weight excluding hydrogens is 124 g/mol. The highest BCUT2D eigenvalue weighted by Gasteiger charge is 1.92. The number of halogens is 1. The molecule has 0 spiro atoms. The lowest BCUT2D eigenvalue weighted by atomic mass is 10.2. The Labute approximate surface area is 53.6 Å². The van der Waals surface area contributed by atoms with Crippen molar-refractivity contribution in [1.29, 1.82) is 0 Å². The standard InChI is InChI=1S/C6H7ClO/c7-5-6-1-3-8-4-2-6/h1-3H,4-5H2. The Hall–Kier alpha value is -0.430. The average molecular weight is 131 g/mol. The normalized spacial score (nSPS) is 17.4. The lowest BCUT2D eigenvalue weighted by molar-refractivity contribution is 0.284. The second kappa shape index (κ2) is 2.78. The summed E-state index contributed by atoms with van der Waals surface area (Å²) in [6.45, 7) is 0.665. The first-order valence-electron chi connectivity index (χ1n) is 2.46. The van der Waals surface area contributed by atoms with E-state index in [4.69, 9.17) is 16.3 Å². The van der Waals surface area contributed by atoms with E-state index in [0.29, 0.717) is 12.5 Å². The van der Waals surface area contributed by atoms with E-state index in [1.807, 2.05) is 12.2 Å². The summed E-state index contributed by atoms with van der Waals surface area (Å²) >= 11 is 5.51. The summed E-state index contributed by atoms with van der Waals surface area (Å²) in [6, 6.07) is 0. The Morgan fingerprint density at radius 2 is 2.62 bits per heavy atom. The van der Waals surface area contributed by atoms with Crippen molar-refractivity contribution >= 4 is 11.6 Å². The van der Waals surface area contributed by atoms with E-state index < -0.39 is 0 Å². The van der Waals surface area contributed by atoms with Crippen molar-refractivity contribution in [3.05, 3.63) is 24.0 Å². The third kappa shape index (κ3) is 1.27. The second-order valence-electron chi connectivity index (χ2n) is 1.55. The van der Waals surface area contributed by atoms with Gasteiger partial charge in [0.25, 0.3) is 0 Å². The Morgan fingerprint density at radius 3 is 3.00 bits per heavy atom. The maximum atomic E-state index is 5.51. The van der Waals surface area contributed by atoms with Crippen LogP contribution in [-0.2, 0) is 4.74 Å². The Balaban J connectivity index is 2.51. The molecule has 1 heterocycles. The fourth-order valence-electron chi connectivity index (χ4n) is 0.513. The highest BCUT2D eigenvalue weighted by molar-refractivity contribution is 6.19. The molecule has 0 fully saturated rings. The van der Waals surface area contributed by atoms with E-state index in [9.17, 15) is 0 Å². The van der Waals surface area contributed by atoms with Crippen LogP contribution in [-0.4, -0.2) is 12.5 Å². The van der Waals surface area contributed by atoms with E-state index in [2.05, 4.69) is 0 Å².